The van der Waals surface area contributed by atoms with Gasteiger partial charge in [0.05, 0.1) is 28.1 Å². The van der Waals surface area contributed by atoms with Crippen molar-refractivity contribution in [2.24, 2.45) is 0 Å². The summed E-state index contributed by atoms with van der Waals surface area (Å²) in [5.74, 6) is -0.0654. The van der Waals surface area contributed by atoms with Crippen molar-refractivity contribution in [3.8, 4) is 11.5 Å². The molecular formula is C32H25Cl3N4O4. The van der Waals surface area contributed by atoms with Crippen molar-refractivity contribution in [2.45, 2.75) is 31.8 Å². The highest BCUT2D eigenvalue weighted by molar-refractivity contribution is 6.42. The van der Waals surface area contributed by atoms with Crippen LogP contribution in [0.1, 0.15) is 45.9 Å². The first-order valence-corrected chi connectivity index (χ1v) is 14.8. The zero-order valence-corrected chi connectivity index (χ0v) is 25.0. The molecule has 0 fully saturated rings. The molecule has 0 radical (unpaired) electrons. The molecule has 5 aromatic rings. The molecule has 1 heterocycles. The van der Waals surface area contributed by atoms with Crippen LogP contribution in [0.3, 0.4) is 0 Å². The summed E-state index contributed by atoms with van der Waals surface area (Å²) >= 11 is 18.3. The number of ether oxygens (including phenoxy) is 2. The molecule has 1 aliphatic carbocycles. The van der Waals surface area contributed by atoms with Gasteiger partial charge in [0.1, 0.15) is 17.0 Å². The van der Waals surface area contributed by atoms with Gasteiger partial charge in [0.15, 0.2) is 6.61 Å². The highest BCUT2D eigenvalue weighted by atomic mass is 35.5. The number of esters is 1. The number of fused-ring (bicyclic) bond motifs is 2. The molecule has 1 N–H and O–H groups in total. The fraction of sp³-hybridized carbons (Fsp3) is 0.188. The van der Waals surface area contributed by atoms with Gasteiger partial charge < -0.3 is 14.8 Å². The Kier molecular flexibility index (Phi) is 8.51. The van der Waals surface area contributed by atoms with Crippen LogP contribution in [0.5, 0.6) is 11.5 Å². The molecule has 0 saturated heterocycles. The maximum atomic E-state index is 13.1. The number of hydrogen-bond acceptors (Lipinski definition) is 6. The quantitative estimate of drug-likeness (QED) is 0.143. The Morgan fingerprint density at radius 2 is 1.72 bits per heavy atom. The Morgan fingerprint density at radius 3 is 2.58 bits per heavy atom. The van der Waals surface area contributed by atoms with Gasteiger partial charge in [-0.15, -0.1) is 5.10 Å². The van der Waals surface area contributed by atoms with E-state index in [0.717, 1.165) is 24.8 Å². The number of benzene rings is 4. The summed E-state index contributed by atoms with van der Waals surface area (Å²) in [6.07, 6.45) is 2.97. The Hall–Kier alpha value is -4.11. The van der Waals surface area contributed by atoms with Gasteiger partial charge >= 0.3 is 5.97 Å². The molecule has 0 saturated carbocycles. The molecule has 1 aliphatic rings. The smallest absolute Gasteiger partial charge is 0.349 e. The molecule has 6 rings (SSSR count). The van der Waals surface area contributed by atoms with Gasteiger partial charge in [-0.1, -0.05) is 64.3 Å². The van der Waals surface area contributed by atoms with Crippen molar-refractivity contribution in [1.29, 1.82) is 0 Å². The lowest BCUT2D eigenvalue weighted by Gasteiger charge is -2.26. The Balaban J connectivity index is 1.11. The number of carbonyl (C=O) groups is 2. The van der Waals surface area contributed by atoms with Crippen molar-refractivity contribution < 1.29 is 19.1 Å². The van der Waals surface area contributed by atoms with E-state index >= 15 is 0 Å². The predicted octanol–water partition coefficient (Wildman–Crippen LogP) is 7.23. The Morgan fingerprint density at radius 1 is 0.907 bits per heavy atom. The summed E-state index contributed by atoms with van der Waals surface area (Å²) in [4.78, 5) is 25.4. The third kappa shape index (κ3) is 6.62. The van der Waals surface area contributed by atoms with Gasteiger partial charge in [0.25, 0.3) is 5.91 Å². The summed E-state index contributed by atoms with van der Waals surface area (Å²) in [5, 5.41) is 12.9. The molecular weight excluding hydrogens is 611 g/mol. The fourth-order valence-corrected chi connectivity index (χ4v) is 5.61. The number of rotatable bonds is 8. The summed E-state index contributed by atoms with van der Waals surface area (Å²) in [7, 11) is 0. The van der Waals surface area contributed by atoms with Gasteiger partial charge in [-0.2, -0.15) is 0 Å². The molecule has 1 aromatic heterocycles. The second-order valence-electron chi connectivity index (χ2n) is 10.2. The highest BCUT2D eigenvalue weighted by Gasteiger charge is 2.22. The lowest BCUT2D eigenvalue weighted by molar-refractivity contribution is -0.136. The van der Waals surface area contributed by atoms with Crippen LogP contribution in [0.4, 0.5) is 0 Å². The Labute approximate surface area is 262 Å². The van der Waals surface area contributed by atoms with Crippen LogP contribution in [0.2, 0.25) is 15.1 Å². The van der Waals surface area contributed by atoms with E-state index < -0.39 is 5.97 Å². The summed E-state index contributed by atoms with van der Waals surface area (Å²) in [6.45, 7) is -0.0322. The van der Waals surface area contributed by atoms with Crippen LogP contribution in [-0.2, 0) is 17.8 Å². The third-order valence-electron chi connectivity index (χ3n) is 7.27. The molecule has 0 aliphatic heterocycles. The van der Waals surface area contributed by atoms with Crippen LogP contribution in [0.25, 0.3) is 11.0 Å². The molecule has 43 heavy (non-hydrogen) atoms. The van der Waals surface area contributed by atoms with Crippen LogP contribution in [0.15, 0.2) is 78.9 Å². The van der Waals surface area contributed by atoms with Gasteiger partial charge in [-0.3, -0.25) is 4.79 Å². The fourth-order valence-electron chi connectivity index (χ4n) is 5.14. The number of nitrogens with one attached hydrogen (secondary N) is 1. The number of hydrogen-bond donors (Lipinski definition) is 1. The van der Waals surface area contributed by atoms with E-state index in [1.165, 1.54) is 17.2 Å². The average molecular weight is 636 g/mol. The topological polar surface area (TPSA) is 95.3 Å². The van der Waals surface area contributed by atoms with E-state index in [-0.39, 0.29) is 29.3 Å². The number of halogens is 3. The summed E-state index contributed by atoms with van der Waals surface area (Å²) < 4.78 is 12.6. The standard InChI is InChI=1S/C32H25Cl3N4O4/c33-25-11-9-22(42-18-31(40)43-23-10-12-26(34)27(35)16-23)14-21(25)17-39-30-13-8-20(15-29(30)37-38-39)32(41)36-28-7-3-5-19-4-1-2-6-24(19)28/h1-2,4,6,8-16,28H,3,5,7,17-18H2,(H,36,41). The van der Waals surface area contributed by atoms with Crippen LogP contribution < -0.4 is 14.8 Å². The predicted molar refractivity (Wildman–Crippen MR) is 165 cm³/mol. The van der Waals surface area contributed by atoms with Crippen LogP contribution in [-0.4, -0.2) is 33.5 Å². The van der Waals surface area contributed by atoms with Crippen LogP contribution >= 0.6 is 34.8 Å². The van der Waals surface area contributed by atoms with Crippen LogP contribution in [0, 0.1) is 0 Å². The second-order valence-corrected chi connectivity index (χ2v) is 11.4. The van der Waals surface area contributed by atoms with E-state index in [9.17, 15) is 9.59 Å². The molecule has 0 spiro atoms. The molecule has 4 aromatic carbocycles. The van der Waals surface area contributed by atoms with Crippen molar-refractivity contribution in [3.05, 3.63) is 116 Å². The zero-order valence-electron chi connectivity index (χ0n) is 22.7. The average Bonchev–Trinajstić information content (AvgIpc) is 3.41. The molecule has 1 atom stereocenters. The minimum Gasteiger partial charge on any atom is -0.482 e. The normalized spacial score (nSPS) is 14.3. The number of aryl methyl sites for hydroxylation is 1. The van der Waals surface area contributed by atoms with Gasteiger partial charge in [-0.25, -0.2) is 9.48 Å². The Bertz CT molecular complexity index is 1840. The van der Waals surface area contributed by atoms with Crippen molar-refractivity contribution >= 4 is 57.7 Å². The zero-order chi connectivity index (χ0) is 29.9. The van der Waals surface area contributed by atoms with Crippen molar-refractivity contribution in [3.63, 3.8) is 0 Å². The highest BCUT2D eigenvalue weighted by Crippen LogP contribution is 2.30. The van der Waals surface area contributed by atoms with Gasteiger partial charge in [-0.05, 0) is 84.5 Å². The van der Waals surface area contributed by atoms with Crippen molar-refractivity contribution in [1.82, 2.24) is 20.3 Å². The first-order chi connectivity index (χ1) is 20.8. The molecule has 8 nitrogen and oxygen atoms in total. The largest absolute Gasteiger partial charge is 0.482 e. The molecule has 218 valence electrons. The second kappa shape index (κ2) is 12.6. The lowest BCUT2D eigenvalue weighted by Crippen LogP contribution is -2.30. The number of carbonyl (C=O) groups excluding carboxylic acids is 2. The van der Waals surface area contributed by atoms with E-state index in [0.29, 0.717) is 39.0 Å². The third-order valence-corrected chi connectivity index (χ3v) is 8.38. The minimum atomic E-state index is -0.607. The van der Waals surface area contributed by atoms with E-state index in [4.69, 9.17) is 44.3 Å². The maximum absolute atomic E-state index is 13.1. The van der Waals surface area contributed by atoms with Crippen molar-refractivity contribution in [2.75, 3.05) is 6.61 Å². The molecule has 1 amide bonds. The van der Waals surface area contributed by atoms with Gasteiger partial charge in [0, 0.05) is 16.7 Å². The van der Waals surface area contributed by atoms with E-state index in [1.54, 1.807) is 47.1 Å². The molecule has 1 unspecified atom stereocenters. The SMILES string of the molecule is O=C(COc1ccc(Cl)c(Cn2nnc3cc(C(=O)NC4CCCc5ccccc54)ccc32)c1)Oc1ccc(Cl)c(Cl)c1. The first-order valence-electron chi connectivity index (χ1n) is 13.6. The number of nitrogens with zero attached hydrogens (tertiary/aromatic N) is 3. The maximum Gasteiger partial charge on any atom is 0.349 e. The molecule has 0 bridgehead atoms. The monoisotopic (exact) mass is 634 g/mol. The number of amides is 1. The lowest BCUT2D eigenvalue weighted by atomic mass is 9.87. The van der Waals surface area contributed by atoms with E-state index in [1.807, 2.05) is 18.2 Å². The molecule has 11 heteroatoms. The summed E-state index contributed by atoms with van der Waals surface area (Å²) in [6, 6.07) is 23.2. The van der Waals surface area contributed by atoms with Gasteiger partial charge in [0.2, 0.25) is 0 Å². The number of aromatic nitrogens is 3. The first kappa shape index (κ1) is 29.0. The summed E-state index contributed by atoms with van der Waals surface area (Å²) in [5.41, 5.74) is 5.03. The minimum absolute atomic E-state index is 0.0155. The van der Waals surface area contributed by atoms with E-state index in [2.05, 4.69) is 27.8 Å².